The number of amides is 1. The van der Waals surface area contributed by atoms with Crippen molar-refractivity contribution in [2.45, 2.75) is 33.6 Å². The highest BCUT2D eigenvalue weighted by atomic mass is 19.1. The fourth-order valence-corrected chi connectivity index (χ4v) is 2.55. The van der Waals surface area contributed by atoms with Crippen molar-refractivity contribution >= 4 is 17.4 Å². The van der Waals surface area contributed by atoms with Gasteiger partial charge in [-0.05, 0) is 37.5 Å². The van der Waals surface area contributed by atoms with E-state index in [4.69, 9.17) is 0 Å². The molecule has 20 heavy (non-hydrogen) atoms. The molecule has 1 aliphatic heterocycles. The normalized spacial score (nSPS) is 19.6. The topological polar surface area (TPSA) is 37.4 Å². The monoisotopic (exact) mass is 277 g/mol. The molecule has 1 aromatic carbocycles. The largest absolute Gasteiger partial charge is 0.312 e. The van der Waals surface area contributed by atoms with E-state index < -0.39 is 5.92 Å². The summed E-state index contributed by atoms with van der Waals surface area (Å²) in [6.07, 6.45) is 1.37. The van der Waals surface area contributed by atoms with Crippen LogP contribution in [0.2, 0.25) is 0 Å². The summed E-state index contributed by atoms with van der Waals surface area (Å²) in [6, 6.07) is 4.76. The highest BCUT2D eigenvalue weighted by Crippen LogP contribution is 2.27. The summed E-state index contributed by atoms with van der Waals surface area (Å²) in [7, 11) is 0. The molecule has 1 atom stereocenters. The van der Waals surface area contributed by atoms with Crippen molar-refractivity contribution in [2.24, 2.45) is 11.8 Å². The zero-order valence-electron chi connectivity index (χ0n) is 12.1. The zero-order valence-corrected chi connectivity index (χ0v) is 12.1. The molecule has 0 N–H and O–H groups in total. The Hall–Kier alpha value is -1.71. The molecular formula is C16H20FNO2. The summed E-state index contributed by atoms with van der Waals surface area (Å²) in [4.78, 5) is 26.1. The number of anilines is 1. The van der Waals surface area contributed by atoms with E-state index in [0.29, 0.717) is 24.2 Å². The third kappa shape index (κ3) is 2.74. The minimum Gasteiger partial charge on any atom is -0.312 e. The van der Waals surface area contributed by atoms with Crippen LogP contribution in [0.1, 0.15) is 32.3 Å². The van der Waals surface area contributed by atoms with Crippen LogP contribution in [0.4, 0.5) is 10.1 Å². The number of hydrogen-bond donors (Lipinski definition) is 0. The molecule has 108 valence electrons. The zero-order chi connectivity index (χ0) is 14.9. The third-order valence-corrected chi connectivity index (χ3v) is 3.82. The molecule has 1 saturated heterocycles. The molecule has 1 fully saturated rings. The number of benzene rings is 1. The Bertz CT molecular complexity index is 539. The fourth-order valence-electron chi connectivity index (χ4n) is 2.55. The second-order valence-corrected chi connectivity index (χ2v) is 5.68. The fraction of sp³-hybridized carbons (Fsp3) is 0.500. The number of ketones is 1. The number of carbonyl (C=O) groups excluding carboxylic acids is 2. The Morgan fingerprint density at radius 1 is 1.40 bits per heavy atom. The van der Waals surface area contributed by atoms with E-state index in [9.17, 15) is 14.0 Å². The van der Waals surface area contributed by atoms with Crippen molar-refractivity contribution in [3.8, 4) is 0 Å². The number of piperidine rings is 1. The standard InChI is InChI=1S/C16H20FNO2/c1-10(2)15(19)13-5-4-8-18(16(13)20)12-7-6-11(3)14(17)9-12/h6-7,9-10,13H,4-5,8H2,1-3H3/t13-/m1/s1. The van der Waals surface area contributed by atoms with Crippen LogP contribution in [0.15, 0.2) is 18.2 Å². The van der Waals surface area contributed by atoms with Gasteiger partial charge in [0.05, 0.1) is 5.92 Å². The number of rotatable bonds is 3. The van der Waals surface area contributed by atoms with E-state index >= 15 is 0 Å². The Kier molecular flexibility index (Phi) is 4.21. The number of nitrogens with zero attached hydrogens (tertiary/aromatic N) is 1. The van der Waals surface area contributed by atoms with E-state index in [0.717, 1.165) is 6.42 Å². The van der Waals surface area contributed by atoms with E-state index in [1.54, 1.807) is 32.9 Å². The molecule has 0 radical (unpaired) electrons. The maximum atomic E-state index is 13.6. The minimum atomic E-state index is -0.576. The van der Waals surface area contributed by atoms with Gasteiger partial charge in [-0.15, -0.1) is 0 Å². The van der Waals surface area contributed by atoms with Crippen LogP contribution in [0, 0.1) is 24.6 Å². The summed E-state index contributed by atoms with van der Waals surface area (Å²) in [5, 5.41) is 0. The van der Waals surface area contributed by atoms with Crippen LogP contribution in [0.3, 0.4) is 0 Å². The first kappa shape index (κ1) is 14.7. The van der Waals surface area contributed by atoms with Crippen LogP contribution in [0.25, 0.3) is 0 Å². The van der Waals surface area contributed by atoms with Gasteiger partial charge in [-0.3, -0.25) is 9.59 Å². The van der Waals surface area contributed by atoms with Gasteiger partial charge in [0.25, 0.3) is 0 Å². The Balaban J connectivity index is 2.26. The van der Waals surface area contributed by atoms with Crippen molar-refractivity contribution in [3.63, 3.8) is 0 Å². The Labute approximate surface area is 118 Å². The van der Waals surface area contributed by atoms with Gasteiger partial charge >= 0.3 is 0 Å². The van der Waals surface area contributed by atoms with Crippen molar-refractivity contribution in [1.29, 1.82) is 0 Å². The lowest BCUT2D eigenvalue weighted by Crippen LogP contribution is -2.45. The predicted molar refractivity (Wildman–Crippen MR) is 76.1 cm³/mol. The van der Waals surface area contributed by atoms with Crippen LogP contribution >= 0.6 is 0 Å². The van der Waals surface area contributed by atoms with Crippen LogP contribution in [0.5, 0.6) is 0 Å². The van der Waals surface area contributed by atoms with Gasteiger partial charge in [0, 0.05) is 18.2 Å². The number of carbonyl (C=O) groups is 2. The molecule has 0 unspecified atom stereocenters. The van der Waals surface area contributed by atoms with Gasteiger partial charge < -0.3 is 4.90 Å². The quantitative estimate of drug-likeness (QED) is 0.796. The number of Topliss-reactive ketones (excluding diaryl/α,β-unsaturated/α-hetero) is 1. The molecule has 0 spiro atoms. The smallest absolute Gasteiger partial charge is 0.237 e. The Morgan fingerprint density at radius 2 is 2.10 bits per heavy atom. The van der Waals surface area contributed by atoms with Crippen molar-refractivity contribution in [3.05, 3.63) is 29.6 Å². The maximum absolute atomic E-state index is 13.6. The Morgan fingerprint density at radius 3 is 2.70 bits per heavy atom. The minimum absolute atomic E-state index is 0.0210. The first-order valence-corrected chi connectivity index (χ1v) is 7.03. The molecule has 1 aromatic rings. The average Bonchev–Trinajstić information content (AvgIpc) is 2.41. The van der Waals surface area contributed by atoms with Gasteiger partial charge in [0.2, 0.25) is 5.91 Å². The lowest BCUT2D eigenvalue weighted by molar-refractivity contribution is -0.135. The van der Waals surface area contributed by atoms with Crippen LogP contribution < -0.4 is 4.90 Å². The SMILES string of the molecule is Cc1ccc(N2CCC[C@H](C(=O)C(C)C)C2=O)cc1F. The second-order valence-electron chi connectivity index (χ2n) is 5.68. The molecule has 1 amide bonds. The number of aryl methyl sites for hydroxylation is 1. The molecule has 1 heterocycles. The van der Waals surface area contributed by atoms with Gasteiger partial charge in [-0.2, -0.15) is 0 Å². The lowest BCUT2D eigenvalue weighted by Gasteiger charge is -2.32. The molecule has 1 aliphatic rings. The lowest BCUT2D eigenvalue weighted by atomic mass is 9.87. The summed E-state index contributed by atoms with van der Waals surface area (Å²) in [6.45, 7) is 5.84. The highest BCUT2D eigenvalue weighted by molar-refractivity contribution is 6.09. The van der Waals surface area contributed by atoms with Gasteiger partial charge in [0.15, 0.2) is 0 Å². The van der Waals surface area contributed by atoms with Crippen molar-refractivity contribution in [2.75, 3.05) is 11.4 Å². The predicted octanol–water partition coefficient (Wildman–Crippen LogP) is 3.10. The molecule has 4 heteroatoms. The van der Waals surface area contributed by atoms with E-state index in [-0.39, 0.29) is 23.4 Å². The molecule has 0 aromatic heterocycles. The average molecular weight is 277 g/mol. The summed E-state index contributed by atoms with van der Waals surface area (Å²) in [5.74, 6) is -1.27. The third-order valence-electron chi connectivity index (χ3n) is 3.82. The van der Waals surface area contributed by atoms with Gasteiger partial charge in [-0.1, -0.05) is 19.9 Å². The van der Waals surface area contributed by atoms with Crippen molar-refractivity contribution < 1.29 is 14.0 Å². The van der Waals surface area contributed by atoms with E-state index in [2.05, 4.69) is 0 Å². The second kappa shape index (κ2) is 5.73. The first-order valence-electron chi connectivity index (χ1n) is 7.03. The molecule has 0 bridgehead atoms. The first-order chi connectivity index (χ1) is 9.41. The van der Waals surface area contributed by atoms with E-state index in [1.165, 1.54) is 11.0 Å². The van der Waals surface area contributed by atoms with Crippen molar-refractivity contribution in [1.82, 2.24) is 0 Å². The van der Waals surface area contributed by atoms with Gasteiger partial charge in [0.1, 0.15) is 11.6 Å². The number of halogens is 1. The molecular weight excluding hydrogens is 257 g/mol. The summed E-state index contributed by atoms with van der Waals surface area (Å²) < 4.78 is 13.6. The van der Waals surface area contributed by atoms with Gasteiger partial charge in [-0.25, -0.2) is 4.39 Å². The molecule has 0 saturated carbocycles. The van der Waals surface area contributed by atoms with E-state index in [1.807, 2.05) is 0 Å². The molecule has 2 rings (SSSR count). The summed E-state index contributed by atoms with van der Waals surface area (Å²) >= 11 is 0. The maximum Gasteiger partial charge on any atom is 0.237 e. The summed E-state index contributed by atoms with van der Waals surface area (Å²) in [5.41, 5.74) is 1.09. The molecule has 0 aliphatic carbocycles. The van der Waals surface area contributed by atoms with Crippen LogP contribution in [-0.2, 0) is 9.59 Å². The number of hydrogen-bond acceptors (Lipinski definition) is 2. The van der Waals surface area contributed by atoms with Crippen LogP contribution in [-0.4, -0.2) is 18.2 Å². The highest BCUT2D eigenvalue weighted by Gasteiger charge is 2.35. The molecule has 3 nitrogen and oxygen atoms in total.